The summed E-state index contributed by atoms with van der Waals surface area (Å²) in [4.78, 5) is 13.6. The summed E-state index contributed by atoms with van der Waals surface area (Å²) in [7, 11) is 0. The van der Waals surface area contributed by atoms with Gasteiger partial charge in [-0.3, -0.25) is 4.79 Å². The Morgan fingerprint density at radius 2 is 2.21 bits per heavy atom. The second-order valence-corrected chi connectivity index (χ2v) is 4.46. The van der Waals surface area contributed by atoms with E-state index >= 15 is 0 Å². The van der Waals surface area contributed by atoms with Crippen LogP contribution in [0.5, 0.6) is 0 Å². The van der Waals surface area contributed by atoms with Crippen LogP contribution in [-0.2, 0) is 4.79 Å². The van der Waals surface area contributed by atoms with Crippen LogP contribution in [0.4, 0.5) is 0 Å². The Balaban J connectivity index is 1.83. The van der Waals surface area contributed by atoms with Gasteiger partial charge in [0.1, 0.15) is 0 Å². The number of amides is 1. The average Bonchev–Trinajstić information content (AvgIpc) is 3.02. The summed E-state index contributed by atoms with van der Waals surface area (Å²) in [6, 6.07) is 2.26. The van der Waals surface area contributed by atoms with Gasteiger partial charge in [0.2, 0.25) is 5.91 Å². The molecular formula is C11H16N2O. The molecule has 3 heteroatoms. The molecule has 2 fully saturated rings. The monoisotopic (exact) mass is 192 g/mol. The van der Waals surface area contributed by atoms with Crippen LogP contribution < -0.4 is 0 Å². The third-order valence-electron chi connectivity index (χ3n) is 3.12. The number of likely N-dealkylation sites (tertiary alicyclic amines) is 1. The minimum Gasteiger partial charge on any atom is -0.341 e. The molecule has 14 heavy (non-hydrogen) atoms. The standard InChI is InChI=1S/C11H16N2O/c12-7-10-2-1-5-13(8-10)11(14)6-9-3-4-9/h9-10H,1-6,8H2. The maximum atomic E-state index is 11.7. The van der Waals surface area contributed by atoms with E-state index in [0.717, 1.165) is 25.8 Å². The smallest absolute Gasteiger partial charge is 0.222 e. The molecule has 0 bridgehead atoms. The van der Waals surface area contributed by atoms with E-state index in [-0.39, 0.29) is 11.8 Å². The van der Waals surface area contributed by atoms with Crippen molar-refractivity contribution >= 4 is 5.91 Å². The minimum absolute atomic E-state index is 0.0758. The average molecular weight is 192 g/mol. The van der Waals surface area contributed by atoms with Crippen molar-refractivity contribution in [1.82, 2.24) is 4.90 Å². The van der Waals surface area contributed by atoms with Crippen LogP contribution >= 0.6 is 0 Å². The molecule has 3 nitrogen and oxygen atoms in total. The Labute approximate surface area is 84.7 Å². The van der Waals surface area contributed by atoms with Crippen LogP contribution in [0, 0.1) is 23.2 Å². The Bertz CT molecular complexity index is 265. The van der Waals surface area contributed by atoms with Gasteiger partial charge in [0.15, 0.2) is 0 Å². The molecule has 0 N–H and O–H groups in total. The van der Waals surface area contributed by atoms with Crippen LogP contribution in [0.15, 0.2) is 0 Å². The lowest BCUT2D eigenvalue weighted by molar-refractivity contribution is -0.132. The first kappa shape index (κ1) is 9.51. The number of carbonyl (C=O) groups excluding carboxylic acids is 1. The van der Waals surface area contributed by atoms with Gasteiger partial charge in [-0.15, -0.1) is 0 Å². The van der Waals surface area contributed by atoms with Gasteiger partial charge in [-0.05, 0) is 31.6 Å². The summed E-state index contributed by atoms with van der Waals surface area (Å²) in [5.41, 5.74) is 0. The minimum atomic E-state index is 0.0758. The highest BCUT2D eigenvalue weighted by molar-refractivity contribution is 5.76. The molecule has 1 aliphatic heterocycles. The summed E-state index contributed by atoms with van der Waals surface area (Å²) >= 11 is 0. The first-order valence-electron chi connectivity index (χ1n) is 5.47. The SMILES string of the molecule is N#CC1CCCN(C(=O)CC2CC2)C1. The van der Waals surface area contributed by atoms with Gasteiger partial charge in [0.05, 0.1) is 12.0 Å². The molecule has 1 aliphatic carbocycles. The van der Waals surface area contributed by atoms with Crippen molar-refractivity contribution in [3.63, 3.8) is 0 Å². The van der Waals surface area contributed by atoms with E-state index in [9.17, 15) is 4.79 Å². The fraction of sp³-hybridized carbons (Fsp3) is 0.818. The molecule has 0 aromatic carbocycles. The second kappa shape index (κ2) is 4.00. The van der Waals surface area contributed by atoms with Crippen molar-refractivity contribution in [3.05, 3.63) is 0 Å². The topological polar surface area (TPSA) is 44.1 Å². The van der Waals surface area contributed by atoms with E-state index in [4.69, 9.17) is 5.26 Å². The number of nitriles is 1. The highest BCUT2D eigenvalue weighted by atomic mass is 16.2. The number of piperidine rings is 1. The van der Waals surface area contributed by atoms with Gasteiger partial charge in [0.25, 0.3) is 0 Å². The lowest BCUT2D eigenvalue weighted by Gasteiger charge is -2.29. The normalized spacial score (nSPS) is 27.1. The molecule has 2 aliphatic rings. The third-order valence-corrected chi connectivity index (χ3v) is 3.12. The maximum absolute atomic E-state index is 11.7. The highest BCUT2D eigenvalue weighted by Gasteiger charge is 2.29. The molecule has 1 atom stereocenters. The molecule has 0 aromatic heterocycles. The molecule has 76 valence electrons. The summed E-state index contributed by atoms with van der Waals surface area (Å²) in [5, 5.41) is 8.80. The Morgan fingerprint density at radius 3 is 2.86 bits per heavy atom. The summed E-state index contributed by atoms with van der Waals surface area (Å²) < 4.78 is 0. The summed E-state index contributed by atoms with van der Waals surface area (Å²) in [6.07, 6.45) is 5.12. The van der Waals surface area contributed by atoms with E-state index in [1.54, 1.807) is 0 Å². The molecule has 1 amide bonds. The number of carbonyl (C=O) groups is 1. The van der Waals surface area contributed by atoms with Crippen molar-refractivity contribution in [3.8, 4) is 6.07 Å². The van der Waals surface area contributed by atoms with Crippen LogP contribution in [0.2, 0.25) is 0 Å². The summed E-state index contributed by atoms with van der Waals surface area (Å²) in [5.74, 6) is 1.00. The van der Waals surface area contributed by atoms with E-state index < -0.39 is 0 Å². The highest BCUT2D eigenvalue weighted by Crippen LogP contribution is 2.33. The Kier molecular flexibility index (Phi) is 2.72. The molecule has 1 heterocycles. The molecule has 0 spiro atoms. The van der Waals surface area contributed by atoms with E-state index in [1.165, 1.54) is 12.8 Å². The van der Waals surface area contributed by atoms with Crippen LogP contribution in [-0.4, -0.2) is 23.9 Å². The number of rotatable bonds is 2. The maximum Gasteiger partial charge on any atom is 0.222 e. The number of hydrogen-bond acceptors (Lipinski definition) is 2. The Hall–Kier alpha value is -1.04. The Morgan fingerprint density at radius 1 is 1.43 bits per heavy atom. The van der Waals surface area contributed by atoms with Crippen molar-refractivity contribution in [2.75, 3.05) is 13.1 Å². The largest absolute Gasteiger partial charge is 0.341 e. The molecule has 1 saturated carbocycles. The predicted octanol–water partition coefficient (Wildman–Crippen LogP) is 1.55. The van der Waals surface area contributed by atoms with Crippen LogP contribution in [0.1, 0.15) is 32.1 Å². The van der Waals surface area contributed by atoms with E-state index in [2.05, 4.69) is 6.07 Å². The van der Waals surface area contributed by atoms with Crippen molar-refractivity contribution < 1.29 is 4.79 Å². The molecular weight excluding hydrogens is 176 g/mol. The van der Waals surface area contributed by atoms with Gasteiger partial charge >= 0.3 is 0 Å². The fourth-order valence-electron chi connectivity index (χ4n) is 2.01. The molecule has 0 aromatic rings. The summed E-state index contributed by atoms with van der Waals surface area (Å²) in [6.45, 7) is 1.53. The van der Waals surface area contributed by atoms with Crippen LogP contribution in [0.25, 0.3) is 0 Å². The van der Waals surface area contributed by atoms with Gasteiger partial charge in [-0.1, -0.05) is 0 Å². The van der Waals surface area contributed by atoms with E-state index in [0.29, 0.717) is 12.5 Å². The lowest BCUT2D eigenvalue weighted by Crippen LogP contribution is -2.39. The molecule has 0 radical (unpaired) electrons. The zero-order valence-corrected chi connectivity index (χ0v) is 8.41. The zero-order valence-electron chi connectivity index (χ0n) is 8.41. The van der Waals surface area contributed by atoms with Crippen LogP contribution in [0.3, 0.4) is 0 Å². The second-order valence-electron chi connectivity index (χ2n) is 4.46. The van der Waals surface area contributed by atoms with Crippen molar-refractivity contribution in [1.29, 1.82) is 5.26 Å². The number of hydrogen-bond donors (Lipinski definition) is 0. The molecule has 1 unspecified atom stereocenters. The zero-order chi connectivity index (χ0) is 9.97. The van der Waals surface area contributed by atoms with Gasteiger partial charge in [-0.2, -0.15) is 5.26 Å². The first-order chi connectivity index (χ1) is 6.79. The molecule has 1 saturated heterocycles. The first-order valence-corrected chi connectivity index (χ1v) is 5.47. The quantitative estimate of drug-likeness (QED) is 0.666. The molecule has 2 rings (SSSR count). The van der Waals surface area contributed by atoms with Crippen molar-refractivity contribution in [2.45, 2.75) is 32.1 Å². The van der Waals surface area contributed by atoms with Gasteiger partial charge in [-0.25, -0.2) is 0 Å². The number of nitrogens with zero attached hydrogens (tertiary/aromatic N) is 2. The fourth-order valence-corrected chi connectivity index (χ4v) is 2.01. The van der Waals surface area contributed by atoms with Gasteiger partial charge in [0, 0.05) is 19.5 Å². The third kappa shape index (κ3) is 2.25. The lowest BCUT2D eigenvalue weighted by atomic mass is 9.99. The van der Waals surface area contributed by atoms with Crippen molar-refractivity contribution in [2.24, 2.45) is 11.8 Å². The van der Waals surface area contributed by atoms with E-state index in [1.807, 2.05) is 4.90 Å². The van der Waals surface area contributed by atoms with Gasteiger partial charge < -0.3 is 4.90 Å². The predicted molar refractivity (Wildman–Crippen MR) is 52.3 cm³/mol.